The van der Waals surface area contributed by atoms with Crippen LogP contribution in [0.3, 0.4) is 0 Å². The summed E-state index contributed by atoms with van der Waals surface area (Å²) in [5.74, 6) is -1.78. The van der Waals surface area contributed by atoms with Crippen molar-refractivity contribution >= 4 is 5.97 Å². The van der Waals surface area contributed by atoms with Crippen LogP contribution in [0.4, 0.5) is 0 Å². The minimum absolute atomic E-state index is 0.413. The first-order valence-electron chi connectivity index (χ1n) is 6.58. The van der Waals surface area contributed by atoms with E-state index in [-0.39, 0.29) is 0 Å². The van der Waals surface area contributed by atoms with Gasteiger partial charge in [0.25, 0.3) is 0 Å². The van der Waals surface area contributed by atoms with Crippen molar-refractivity contribution < 1.29 is 24.5 Å². The summed E-state index contributed by atoms with van der Waals surface area (Å²) in [6, 6.07) is 0. The summed E-state index contributed by atoms with van der Waals surface area (Å²) in [5.41, 5.74) is 0. The van der Waals surface area contributed by atoms with Crippen LogP contribution in [0.5, 0.6) is 0 Å². The predicted molar refractivity (Wildman–Crippen MR) is 75.2 cm³/mol. The van der Waals surface area contributed by atoms with E-state index in [4.69, 9.17) is 14.6 Å². The molecule has 112 valence electrons. The lowest BCUT2D eigenvalue weighted by atomic mass is 10.0. The molecule has 1 aliphatic rings. The molecule has 5 heteroatoms. The normalized spacial score (nSPS) is 27.8. The Kier molecular flexibility index (Phi) is 6.13. The number of aliphatic hydroxyl groups is 1. The Labute approximate surface area is 119 Å². The van der Waals surface area contributed by atoms with E-state index in [1.807, 2.05) is 19.1 Å². The van der Waals surface area contributed by atoms with Gasteiger partial charge in [-0.05, 0) is 27.2 Å². The Morgan fingerprint density at radius 3 is 2.65 bits per heavy atom. The largest absolute Gasteiger partial charge is 0.478 e. The lowest BCUT2D eigenvalue weighted by Crippen LogP contribution is -2.34. The minimum Gasteiger partial charge on any atom is -0.478 e. The predicted octanol–water partition coefficient (Wildman–Crippen LogP) is 2.03. The average molecular weight is 282 g/mol. The van der Waals surface area contributed by atoms with E-state index in [2.05, 4.69) is 0 Å². The zero-order valence-corrected chi connectivity index (χ0v) is 12.0. The Balaban J connectivity index is 2.72. The van der Waals surface area contributed by atoms with Gasteiger partial charge in [-0.3, -0.25) is 0 Å². The quantitative estimate of drug-likeness (QED) is 0.443. The van der Waals surface area contributed by atoms with Gasteiger partial charge in [-0.15, -0.1) is 0 Å². The topological polar surface area (TPSA) is 76.0 Å². The van der Waals surface area contributed by atoms with Crippen LogP contribution in [-0.4, -0.2) is 40.3 Å². The van der Waals surface area contributed by atoms with Crippen molar-refractivity contribution in [2.45, 2.75) is 51.3 Å². The first-order valence-corrected chi connectivity index (χ1v) is 6.58. The molecular weight excluding hydrogens is 260 g/mol. The van der Waals surface area contributed by atoms with Gasteiger partial charge in [-0.25, -0.2) is 4.79 Å². The number of ether oxygens (including phenoxy) is 2. The first kappa shape index (κ1) is 16.6. The van der Waals surface area contributed by atoms with E-state index in [1.54, 1.807) is 26.0 Å². The zero-order valence-electron chi connectivity index (χ0n) is 12.0. The second-order valence-corrected chi connectivity index (χ2v) is 5.02. The van der Waals surface area contributed by atoms with Gasteiger partial charge in [0, 0.05) is 6.08 Å². The Morgan fingerprint density at radius 1 is 1.35 bits per heavy atom. The van der Waals surface area contributed by atoms with Gasteiger partial charge in [0.15, 0.2) is 5.79 Å². The molecule has 0 aromatic carbocycles. The highest BCUT2D eigenvalue weighted by Crippen LogP contribution is 2.31. The molecule has 0 amide bonds. The zero-order chi connectivity index (χ0) is 15.2. The van der Waals surface area contributed by atoms with E-state index in [0.717, 1.165) is 6.08 Å². The summed E-state index contributed by atoms with van der Waals surface area (Å²) in [6.07, 6.45) is 8.36. The molecule has 0 spiro atoms. The fourth-order valence-electron chi connectivity index (χ4n) is 1.98. The molecule has 20 heavy (non-hydrogen) atoms. The van der Waals surface area contributed by atoms with Crippen molar-refractivity contribution in [3.8, 4) is 0 Å². The number of allylic oxidation sites excluding steroid dienone is 3. The summed E-state index contributed by atoms with van der Waals surface area (Å²) in [6.45, 7) is 5.45. The highest BCUT2D eigenvalue weighted by molar-refractivity contribution is 5.80. The lowest BCUT2D eigenvalue weighted by Gasteiger charge is -2.20. The summed E-state index contributed by atoms with van der Waals surface area (Å²) in [5, 5.41) is 18.6. The van der Waals surface area contributed by atoms with Crippen molar-refractivity contribution in [2.24, 2.45) is 0 Å². The highest BCUT2D eigenvalue weighted by atomic mass is 16.8. The van der Waals surface area contributed by atoms with Crippen molar-refractivity contribution in [1.82, 2.24) is 0 Å². The van der Waals surface area contributed by atoms with E-state index in [1.165, 1.54) is 6.08 Å². The molecule has 1 saturated heterocycles. The van der Waals surface area contributed by atoms with Crippen LogP contribution in [0.15, 0.2) is 36.5 Å². The lowest BCUT2D eigenvalue weighted by molar-refractivity contribution is -0.153. The molecular formula is C15H22O5. The maximum Gasteiger partial charge on any atom is 0.328 e. The van der Waals surface area contributed by atoms with Crippen LogP contribution in [0.1, 0.15) is 27.2 Å². The molecule has 2 N–H and O–H groups in total. The number of aliphatic carboxylic acids is 1. The Hall–Kier alpha value is -1.43. The number of rotatable bonds is 6. The molecule has 0 saturated carbocycles. The third kappa shape index (κ3) is 5.28. The van der Waals surface area contributed by atoms with E-state index >= 15 is 0 Å². The molecule has 3 atom stereocenters. The van der Waals surface area contributed by atoms with Crippen LogP contribution in [0.25, 0.3) is 0 Å². The average Bonchev–Trinajstić information content (AvgIpc) is 2.67. The molecule has 0 bridgehead atoms. The second kappa shape index (κ2) is 7.38. The van der Waals surface area contributed by atoms with Gasteiger partial charge in [-0.1, -0.05) is 30.4 Å². The van der Waals surface area contributed by atoms with Crippen LogP contribution < -0.4 is 0 Å². The van der Waals surface area contributed by atoms with Crippen molar-refractivity contribution in [1.29, 1.82) is 0 Å². The molecule has 1 rings (SSSR count). The maximum atomic E-state index is 10.4. The van der Waals surface area contributed by atoms with Gasteiger partial charge >= 0.3 is 5.97 Å². The number of hydrogen-bond acceptors (Lipinski definition) is 4. The molecule has 0 aromatic rings. The minimum atomic E-state index is -1.01. The molecule has 0 unspecified atom stereocenters. The molecule has 0 aromatic heterocycles. The molecule has 1 fully saturated rings. The number of carbonyl (C=O) groups is 1. The maximum absolute atomic E-state index is 10.4. The second-order valence-electron chi connectivity index (χ2n) is 5.02. The van der Waals surface area contributed by atoms with Gasteiger partial charge in [-0.2, -0.15) is 0 Å². The van der Waals surface area contributed by atoms with Gasteiger partial charge in [0.2, 0.25) is 0 Å². The third-order valence-electron chi connectivity index (χ3n) is 2.81. The molecule has 0 aliphatic carbocycles. The molecule has 5 nitrogen and oxygen atoms in total. The summed E-state index contributed by atoms with van der Waals surface area (Å²) in [4.78, 5) is 10.4. The molecule has 0 radical (unpaired) electrons. The van der Waals surface area contributed by atoms with Gasteiger partial charge in [0.05, 0.1) is 6.10 Å². The summed E-state index contributed by atoms with van der Waals surface area (Å²) >= 11 is 0. The van der Waals surface area contributed by atoms with Crippen molar-refractivity contribution in [3.05, 3.63) is 36.5 Å². The van der Waals surface area contributed by atoms with Crippen molar-refractivity contribution in [2.75, 3.05) is 0 Å². The number of hydrogen-bond donors (Lipinski definition) is 2. The van der Waals surface area contributed by atoms with E-state index in [9.17, 15) is 9.90 Å². The fourth-order valence-corrected chi connectivity index (χ4v) is 1.98. The van der Waals surface area contributed by atoms with Crippen LogP contribution in [0, 0.1) is 0 Å². The van der Waals surface area contributed by atoms with Gasteiger partial charge < -0.3 is 19.7 Å². The standard InChI is InChI=1S/C15H22O5/c1-4-5-8-11(16)14-12(19-15(2,3)20-14)9-6-7-10-13(17)18/h4-7,9-12,14,16H,8H2,1-3H3,(H,17,18)/b5-4-,9-6+,10-7-/t11-,12-,14-/m1/s1. The SMILES string of the molecule is C/C=C\C[C@@H](O)[C@H]1OC(C)(C)O[C@@H]1/C=C/C=C\C(=O)O. The van der Waals surface area contributed by atoms with E-state index < -0.39 is 30.1 Å². The van der Waals surface area contributed by atoms with Crippen LogP contribution in [0.2, 0.25) is 0 Å². The highest BCUT2D eigenvalue weighted by Gasteiger charge is 2.43. The van der Waals surface area contributed by atoms with Crippen LogP contribution in [-0.2, 0) is 14.3 Å². The van der Waals surface area contributed by atoms with E-state index in [0.29, 0.717) is 6.42 Å². The summed E-state index contributed by atoms with van der Waals surface area (Å²) in [7, 11) is 0. The third-order valence-corrected chi connectivity index (χ3v) is 2.81. The van der Waals surface area contributed by atoms with Crippen LogP contribution >= 0.6 is 0 Å². The molecule has 1 heterocycles. The molecule has 1 aliphatic heterocycles. The number of carboxylic acid groups (broad SMARTS) is 1. The first-order chi connectivity index (χ1) is 9.35. The number of aliphatic hydroxyl groups excluding tert-OH is 1. The van der Waals surface area contributed by atoms with Gasteiger partial charge in [0.1, 0.15) is 12.2 Å². The monoisotopic (exact) mass is 282 g/mol. The Bertz CT molecular complexity index is 408. The number of carboxylic acids is 1. The fraction of sp³-hybridized carbons (Fsp3) is 0.533. The smallest absolute Gasteiger partial charge is 0.328 e. The summed E-state index contributed by atoms with van der Waals surface area (Å²) < 4.78 is 11.4. The van der Waals surface area contributed by atoms with Crippen molar-refractivity contribution in [3.63, 3.8) is 0 Å². The Morgan fingerprint density at radius 2 is 2.05 bits per heavy atom.